The van der Waals surface area contributed by atoms with Crippen molar-refractivity contribution in [2.75, 3.05) is 0 Å². The van der Waals surface area contributed by atoms with Crippen LogP contribution in [-0.4, -0.2) is 11.1 Å². The van der Waals surface area contributed by atoms with E-state index in [1.54, 1.807) is 42.5 Å². The van der Waals surface area contributed by atoms with Crippen molar-refractivity contribution >= 4 is 5.91 Å². The summed E-state index contributed by atoms with van der Waals surface area (Å²) in [4.78, 5) is 12.4. The van der Waals surface area contributed by atoms with Gasteiger partial charge in [-0.05, 0) is 49.7 Å². The highest BCUT2D eigenvalue weighted by Gasteiger charge is 2.11. The Morgan fingerprint density at radius 3 is 2.78 bits per heavy atom. The molecule has 6 heteroatoms. The Labute approximate surface area is 157 Å². The molecule has 3 rings (SSSR count). The molecule has 0 aliphatic rings. The van der Waals surface area contributed by atoms with Gasteiger partial charge in [-0.1, -0.05) is 23.4 Å². The minimum Gasteiger partial charge on any atom is -0.489 e. The number of aryl methyl sites for hydroxylation is 2. The zero-order valence-corrected chi connectivity index (χ0v) is 15.2. The van der Waals surface area contributed by atoms with Crippen molar-refractivity contribution in [3.8, 4) is 11.8 Å². The third-order valence-electron chi connectivity index (χ3n) is 4.17. The first kappa shape index (κ1) is 18.2. The van der Waals surface area contributed by atoms with E-state index in [4.69, 9.17) is 14.5 Å². The summed E-state index contributed by atoms with van der Waals surface area (Å²) < 4.78 is 10.9. The van der Waals surface area contributed by atoms with Gasteiger partial charge in [-0.15, -0.1) is 0 Å². The van der Waals surface area contributed by atoms with Crippen molar-refractivity contribution in [2.45, 2.75) is 27.0 Å². The van der Waals surface area contributed by atoms with Gasteiger partial charge in [0, 0.05) is 12.1 Å². The van der Waals surface area contributed by atoms with Crippen LogP contribution < -0.4 is 10.1 Å². The molecule has 0 bridgehead atoms. The van der Waals surface area contributed by atoms with Gasteiger partial charge in [0.05, 0.1) is 22.9 Å². The van der Waals surface area contributed by atoms with Crippen LogP contribution in [0.15, 0.2) is 53.1 Å². The molecule has 6 nitrogen and oxygen atoms in total. The minimum atomic E-state index is -0.208. The summed E-state index contributed by atoms with van der Waals surface area (Å²) >= 11 is 0. The molecular weight excluding hydrogens is 342 g/mol. The van der Waals surface area contributed by atoms with Crippen molar-refractivity contribution in [1.82, 2.24) is 10.5 Å². The van der Waals surface area contributed by atoms with Crippen LogP contribution in [0.25, 0.3) is 0 Å². The molecule has 1 heterocycles. The van der Waals surface area contributed by atoms with Crippen molar-refractivity contribution in [3.63, 3.8) is 0 Å². The maximum absolute atomic E-state index is 12.4. The van der Waals surface area contributed by atoms with E-state index < -0.39 is 0 Å². The van der Waals surface area contributed by atoms with Gasteiger partial charge in [0.15, 0.2) is 0 Å². The Bertz CT molecular complexity index is 982. The number of amides is 1. The lowest BCUT2D eigenvalue weighted by Gasteiger charge is -2.09. The molecule has 0 saturated heterocycles. The fraction of sp³-hybridized carbons (Fsp3) is 0.190. The lowest BCUT2D eigenvalue weighted by atomic mass is 10.1. The fourth-order valence-corrected chi connectivity index (χ4v) is 2.63. The summed E-state index contributed by atoms with van der Waals surface area (Å²) in [6, 6.07) is 16.2. The number of hydrogen-bond donors (Lipinski definition) is 1. The molecule has 3 aromatic rings. The van der Waals surface area contributed by atoms with Crippen LogP contribution in [0, 0.1) is 25.2 Å². The van der Waals surface area contributed by atoms with Crippen molar-refractivity contribution in [3.05, 3.63) is 82.2 Å². The second kappa shape index (κ2) is 8.19. The Balaban J connectivity index is 1.62. The third kappa shape index (κ3) is 4.53. The second-order valence-corrected chi connectivity index (χ2v) is 6.11. The van der Waals surface area contributed by atoms with E-state index in [2.05, 4.69) is 16.5 Å². The van der Waals surface area contributed by atoms with E-state index in [0.717, 1.165) is 22.6 Å². The maximum Gasteiger partial charge on any atom is 0.251 e. The molecule has 0 atom stereocenters. The molecule has 0 saturated carbocycles. The zero-order valence-electron chi connectivity index (χ0n) is 15.2. The van der Waals surface area contributed by atoms with Crippen LogP contribution in [-0.2, 0) is 13.2 Å². The first-order valence-corrected chi connectivity index (χ1v) is 8.48. The molecule has 2 aromatic carbocycles. The Morgan fingerprint density at radius 2 is 2.04 bits per heavy atom. The summed E-state index contributed by atoms with van der Waals surface area (Å²) in [6.45, 7) is 4.37. The van der Waals surface area contributed by atoms with Gasteiger partial charge in [0.25, 0.3) is 5.91 Å². The first-order chi connectivity index (χ1) is 13.1. The highest BCUT2D eigenvalue weighted by molar-refractivity contribution is 5.94. The average Bonchev–Trinajstić information content (AvgIpc) is 3.02. The standard InChI is InChI=1S/C21H19N3O3/c1-14-20(15(2)27-24-14)13-26-19-8-4-7-18(10-19)21(25)23-12-17-6-3-5-16(9-17)11-22/h3-10H,12-13H2,1-2H3,(H,23,25). The minimum absolute atomic E-state index is 0.208. The van der Waals surface area contributed by atoms with Crippen LogP contribution in [0.4, 0.5) is 0 Å². The molecule has 1 N–H and O–H groups in total. The summed E-state index contributed by atoms with van der Waals surface area (Å²) in [7, 11) is 0. The van der Waals surface area contributed by atoms with Crippen LogP contribution in [0.1, 0.15) is 38.5 Å². The largest absolute Gasteiger partial charge is 0.489 e. The van der Waals surface area contributed by atoms with Gasteiger partial charge in [-0.2, -0.15) is 5.26 Å². The van der Waals surface area contributed by atoms with Crippen LogP contribution in [0.5, 0.6) is 5.75 Å². The molecule has 0 aliphatic heterocycles. The molecule has 1 amide bonds. The quantitative estimate of drug-likeness (QED) is 0.724. The van der Waals surface area contributed by atoms with E-state index in [1.165, 1.54) is 0 Å². The number of nitriles is 1. The highest BCUT2D eigenvalue weighted by Crippen LogP contribution is 2.18. The third-order valence-corrected chi connectivity index (χ3v) is 4.17. The van der Waals surface area contributed by atoms with Crippen LogP contribution in [0.2, 0.25) is 0 Å². The second-order valence-electron chi connectivity index (χ2n) is 6.11. The smallest absolute Gasteiger partial charge is 0.251 e. The molecular formula is C21H19N3O3. The molecule has 0 radical (unpaired) electrons. The van der Waals surface area contributed by atoms with Crippen LogP contribution >= 0.6 is 0 Å². The molecule has 0 aliphatic carbocycles. The first-order valence-electron chi connectivity index (χ1n) is 8.48. The number of nitrogens with one attached hydrogen (secondary N) is 1. The summed E-state index contributed by atoms with van der Waals surface area (Å²) in [5.74, 6) is 1.11. The number of hydrogen-bond acceptors (Lipinski definition) is 5. The Morgan fingerprint density at radius 1 is 1.22 bits per heavy atom. The number of aromatic nitrogens is 1. The number of nitrogens with zero attached hydrogens (tertiary/aromatic N) is 2. The number of carbonyl (C=O) groups is 1. The highest BCUT2D eigenvalue weighted by atomic mass is 16.5. The van der Waals surface area contributed by atoms with Gasteiger partial charge in [-0.3, -0.25) is 4.79 Å². The number of ether oxygens (including phenoxy) is 1. The van der Waals surface area contributed by atoms with Gasteiger partial charge in [-0.25, -0.2) is 0 Å². The van der Waals surface area contributed by atoms with Crippen molar-refractivity contribution < 1.29 is 14.1 Å². The molecule has 27 heavy (non-hydrogen) atoms. The summed E-state index contributed by atoms with van der Waals surface area (Å²) in [5.41, 5.74) is 3.63. The number of benzene rings is 2. The van der Waals surface area contributed by atoms with E-state index >= 15 is 0 Å². The zero-order chi connectivity index (χ0) is 19.2. The Hall–Kier alpha value is -3.59. The van der Waals surface area contributed by atoms with Gasteiger partial charge < -0.3 is 14.6 Å². The fourth-order valence-electron chi connectivity index (χ4n) is 2.63. The van der Waals surface area contributed by atoms with Gasteiger partial charge >= 0.3 is 0 Å². The van der Waals surface area contributed by atoms with Gasteiger partial charge in [0.2, 0.25) is 0 Å². The molecule has 0 spiro atoms. The predicted octanol–water partition coefficient (Wildman–Crippen LogP) is 3.67. The molecule has 0 fully saturated rings. The lowest BCUT2D eigenvalue weighted by molar-refractivity contribution is 0.0950. The van der Waals surface area contributed by atoms with E-state index in [-0.39, 0.29) is 5.91 Å². The Kier molecular flexibility index (Phi) is 5.53. The van der Waals surface area contributed by atoms with Crippen LogP contribution in [0.3, 0.4) is 0 Å². The summed E-state index contributed by atoms with van der Waals surface area (Å²) in [6.07, 6.45) is 0. The number of carbonyl (C=O) groups excluding carboxylic acids is 1. The maximum atomic E-state index is 12.4. The molecule has 136 valence electrons. The lowest BCUT2D eigenvalue weighted by Crippen LogP contribution is -2.22. The van der Waals surface area contributed by atoms with E-state index in [9.17, 15) is 4.79 Å². The average molecular weight is 361 g/mol. The molecule has 1 aromatic heterocycles. The predicted molar refractivity (Wildman–Crippen MR) is 99.1 cm³/mol. The normalized spacial score (nSPS) is 10.3. The summed E-state index contributed by atoms with van der Waals surface area (Å²) in [5, 5.41) is 15.7. The topological polar surface area (TPSA) is 88.2 Å². The molecule has 0 unspecified atom stereocenters. The number of rotatable bonds is 6. The van der Waals surface area contributed by atoms with E-state index in [1.807, 2.05) is 19.9 Å². The monoisotopic (exact) mass is 361 g/mol. The van der Waals surface area contributed by atoms with Gasteiger partial charge in [0.1, 0.15) is 18.1 Å². The van der Waals surface area contributed by atoms with Crippen molar-refractivity contribution in [1.29, 1.82) is 5.26 Å². The SMILES string of the molecule is Cc1noc(C)c1COc1cccc(C(=O)NCc2cccc(C#N)c2)c1. The van der Waals surface area contributed by atoms with E-state index in [0.29, 0.717) is 30.0 Å². The van der Waals surface area contributed by atoms with Crippen molar-refractivity contribution in [2.24, 2.45) is 0 Å².